The van der Waals surface area contributed by atoms with Crippen molar-refractivity contribution in [3.63, 3.8) is 0 Å². The molecular formula is C16H15Cl3O2. The lowest BCUT2D eigenvalue weighted by molar-refractivity contribution is 0.178. The van der Waals surface area contributed by atoms with Gasteiger partial charge >= 0.3 is 0 Å². The molecule has 5 heteroatoms. The summed E-state index contributed by atoms with van der Waals surface area (Å²) in [5.41, 5.74) is 1.50. The number of benzene rings is 2. The lowest BCUT2D eigenvalue weighted by Crippen LogP contribution is -2.03. The first kappa shape index (κ1) is 16.4. The Bertz CT molecular complexity index is 629. The fourth-order valence-electron chi connectivity index (χ4n) is 2.06. The third-order valence-corrected chi connectivity index (χ3v) is 3.89. The van der Waals surface area contributed by atoms with Crippen LogP contribution in [0.1, 0.15) is 24.2 Å². The van der Waals surface area contributed by atoms with Gasteiger partial charge in [0.2, 0.25) is 0 Å². The monoisotopic (exact) mass is 344 g/mol. The van der Waals surface area contributed by atoms with Crippen molar-refractivity contribution >= 4 is 34.8 Å². The van der Waals surface area contributed by atoms with Crippen LogP contribution in [0.15, 0.2) is 36.4 Å². The van der Waals surface area contributed by atoms with Gasteiger partial charge in [0.1, 0.15) is 5.75 Å². The molecule has 2 aromatic carbocycles. The van der Waals surface area contributed by atoms with Crippen molar-refractivity contribution in [3.05, 3.63) is 62.6 Å². The van der Waals surface area contributed by atoms with Gasteiger partial charge < -0.3 is 9.84 Å². The maximum Gasteiger partial charge on any atom is 0.139 e. The highest BCUT2D eigenvalue weighted by Gasteiger charge is 2.16. The second-order valence-corrected chi connectivity index (χ2v) is 5.84. The van der Waals surface area contributed by atoms with Crippen molar-refractivity contribution in [3.8, 4) is 5.75 Å². The lowest BCUT2D eigenvalue weighted by Gasteiger charge is -2.15. The Kier molecular flexibility index (Phi) is 5.77. The molecule has 0 saturated heterocycles. The van der Waals surface area contributed by atoms with Crippen LogP contribution in [0.4, 0.5) is 0 Å². The zero-order valence-electron chi connectivity index (χ0n) is 11.4. The number of halogens is 3. The summed E-state index contributed by atoms with van der Waals surface area (Å²) in [5.74, 6) is 0.517. The van der Waals surface area contributed by atoms with E-state index in [1.807, 2.05) is 25.1 Å². The number of aliphatic hydroxyl groups excluding tert-OH is 1. The SMILES string of the molecule is CCOc1cc(Cl)c(C(O)Cc2cccc(Cl)c2)cc1Cl. The van der Waals surface area contributed by atoms with Crippen molar-refractivity contribution in [2.75, 3.05) is 6.61 Å². The Morgan fingerprint density at radius 2 is 1.86 bits per heavy atom. The van der Waals surface area contributed by atoms with E-state index in [0.717, 1.165) is 5.56 Å². The van der Waals surface area contributed by atoms with Crippen LogP contribution >= 0.6 is 34.8 Å². The van der Waals surface area contributed by atoms with Crippen molar-refractivity contribution in [2.24, 2.45) is 0 Å². The first-order valence-electron chi connectivity index (χ1n) is 6.55. The summed E-state index contributed by atoms with van der Waals surface area (Å²) in [6.07, 6.45) is -0.353. The molecule has 0 amide bonds. The minimum absolute atomic E-state index is 0.407. The fraction of sp³-hybridized carbons (Fsp3) is 0.250. The normalized spacial score (nSPS) is 12.2. The van der Waals surface area contributed by atoms with E-state index < -0.39 is 6.10 Å². The second kappa shape index (κ2) is 7.37. The summed E-state index contributed by atoms with van der Waals surface area (Å²) in [4.78, 5) is 0. The third kappa shape index (κ3) is 4.27. The molecule has 2 rings (SSSR count). The van der Waals surface area contributed by atoms with E-state index in [1.165, 1.54) is 0 Å². The zero-order valence-corrected chi connectivity index (χ0v) is 13.7. The van der Waals surface area contributed by atoms with Crippen LogP contribution in [0.3, 0.4) is 0 Å². The van der Waals surface area contributed by atoms with Crippen molar-refractivity contribution in [1.29, 1.82) is 0 Å². The third-order valence-electron chi connectivity index (χ3n) is 3.03. The van der Waals surface area contributed by atoms with Crippen molar-refractivity contribution in [2.45, 2.75) is 19.4 Å². The molecule has 0 heterocycles. The molecule has 0 aromatic heterocycles. The predicted octanol–water partition coefficient (Wildman–Crippen LogP) is 5.32. The molecule has 1 atom stereocenters. The molecule has 1 unspecified atom stereocenters. The molecule has 0 spiro atoms. The Labute approximate surface area is 139 Å². The summed E-state index contributed by atoms with van der Waals surface area (Å²) in [7, 11) is 0. The minimum atomic E-state index is -0.760. The van der Waals surface area contributed by atoms with E-state index in [9.17, 15) is 5.11 Å². The molecule has 21 heavy (non-hydrogen) atoms. The topological polar surface area (TPSA) is 29.5 Å². The maximum absolute atomic E-state index is 10.4. The summed E-state index contributed by atoms with van der Waals surface area (Å²) in [5, 5.41) is 11.9. The van der Waals surface area contributed by atoms with Crippen LogP contribution in [-0.2, 0) is 6.42 Å². The highest BCUT2D eigenvalue weighted by atomic mass is 35.5. The van der Waals surface area contributed by atoms with E-state index in [4.69, 9.17) is 39.5 Å². The molecule has 0 bridgehead atoms. The quantitative estimate of drug-likeness (QED) is 0.794. The molecule has 112 valence electrons. The molecule has 0 aliphatic rings. The molecule has 2 nitrogen and oxygen atoms in total. The van der Waals surface area contributed by atoms with Gasteiger partial charge in [0.25, 0.3) is 0 Å². The molecule has 0 aliphatic heterocycles. The average molecular weight is 346 g/mol. The van der Waals surface area contributed by atoms with E-state index in [0.29, 0.717) is 39.4 Å². The summed E-state index contributed by atoms with van der Waals surface area (Å²) in [6, 6.07) is 10.6. The molecule has 0 aliphatic carbocycles. The Balaban J connectivity index is 2.23. The van der Waals surface area contributed by atoms with Gasteiger partial charge in [-0.05, 0) is 30.7 Å². The highest BCUT2D eigenvalue weighted by Crippen LogP contribution is 2.35. The molecule has 1 N–H and O–H groups in total. The lowest BCUT2D eigenvalue weighted by atomic mass is 10.0. The molecule has 0 fully saturated rings. The first-order valence-corrected chi connectivity index (χ1v) is 7.69. The van der Waals surface area contributed by atoms with Crippen LogP contribution in [-0.4, -0.2) is 11.7 Å². The van der Waals surface area contributed by atoms with E-state index in [1.54, 1.807) is 18.2 Å². The number of ether oxygens (including phenoxy) is 1. The molecule has 2 aromatic rings. The molecule has 0 radical (unpaired) electrons. The van der Waals surface area contributed by atoms with Gasteiger partial charge in [-0.15, -0.1) is 0 Å². The number of rotatable bonds is 5. The van der Waals surface area contributed by atoms with Crippen LogP contribution in [0, 0.1) is 0 Å². The van der Waals surface area contributed by atoms with Gasteiger partial charge in [-0.25, -0.2) is 0 Å². The van der Waals surface area contributed by atoms with Gasteiger partial charge in [-0.3, -0.25) is 0 Å². The number of hydrogen-bond acceptors (Lipinski definition) is 2. The van der Waals surface area contributed by atoms with Crippen LogP contribution < -0.4 is 4.74 Å². The number of aliphatic hydroxyl groups is 1. The smallest absolute Gasteiger partial charge is 0.139 e. The zero-order chi connectivity index (χ0) is 15.4. The second-order valence-electron chi connectivity index (χ2n) is 4.59. The van der Waals surface area contributed by atoms with Crippen LogP contribution in [0.5, 0.6) is 5.75 Å². The Morgan fingerprint density at radius 1 is 1.10 bits per heavy atom. The standard InChI is InChI=1S/C16H15Cl3O2/c1-2-21-16-9-13(18)12(8-14(16)19)15(20)7-10-4-3-5-11(17)6-10/h3-6,8-9,15,20H,2,7H2,1H3. The number of hydrogen-bond donors (Lipinski definition) is 1. The van der Waals surface area contributed by atoms with E-state index in [2.05, 4.69) is 0 Å². The highest BCUT2D eigenvalue weighted by molar-refractivity contribution is 6.34. The predicted molar refractivity (Wildman–Crippen MR) is 87.7 cm³/mol. The van der Waals surface area contributed by atoms with Gasteiger partial charge in [0, 0.05) is 23.1 Å². The van der Waals surface area contributed by atoms with E-state index >= 15 is 0 Å². The Hall–Kier alpha value is -0.930. The van der Waals surface area contributed by atoms with Gasteiger partial charge in [-0.1, -0.05) is 46.9 Å². The van der Waals surface area contributed by atoms with Crippen molar-refractivity contribution in [1.82, 2.24) is 0 Å². The fourth-order valence-corrected chi connectivity index (χ4v) is 2.78. The van der Waals surface area contributed by atoms with Crippen molar-refractivity contribution < 1.29 is 9.84 Å². The van der Waals surface area contributed by atoms with Gasteiger partial charge in [0.15, 0.2) is 0 Å². The summed E-state index contributed by atoms with van der Waals surface area (Å²) >= 11 is 18.3. The minimum Gasteiger partial charge on any atom is -0.492 e. The largest absolute Gasteiger partial charge is 0.492 e. The maximum atomic E-state index is 10.4. The molecular weight excluding hydrogens is 331 g/mol. The molecule has 0 saturated carbocycles. The van der Waals surface area contributed by atoms with Crippen LogP contribution in [0.2, 0.25) is 15.1 Å². The van der Waals surface area contributed by atoms with Gasteiger partial charge in [-0.2, -0.15) is 0 Å². The Morgan fingerprint density at radius 3 is 2.52 bits per heavy atom. The van der Waals surface area contributed by atoms with Crippen LogP contribution in [0.25, 0.3) is 0 Å². The van der Waals surface area contributed by atoms with Gasteiger partial charge in [0.05, 0.1) is 22.8 Å². The summed E-state index contributed by atoms with van der Waals surface area (Å²) in [6.45, 7) is 2.37. The first-order chi connectivity index (χ1) is 10.0. The summed E-state index contributed by atoms with van der Waals surface area (Å²) < 4.78 is 5.37. The average Bonchev–Trinajstić information content (AvgIpc) is 2.42. The van der Waals surface area contributed by atoms with E-state index in [-0.39, 0.29) is 0 Å².